The normalized spacial score (nSPS) is 25.0. The molecule has 1 aliphatic heterocycles. The number of aliphatic carboxylic acids is 1. The van der Waals surface area contributed by atoms with Gasteiger partial charge in [0.1, 0.15) is 0 Å². The molecule has 1 aromatic rings. The summed E-state index contributed by atoms with van der Waals surface area (Å²) in [6, 6.07) is 4.02. The maximum absolute atomic E-state index is 11.0. The van der Waals surface area contributed by atoms with Crippen molar-refractivity contribution in [3.05, 3.63) is 30.1 Å². The van der Waals surface area contributed by atoms with Crippen molar-refractivity contribution in [2.45, 2.75) is 13.3 Å². The van der Waals surface area contributed by atoms with Crippen LogP contribution in [0.15, 0.2) is 24.5 Å². The Morgan fingerprint density at radius 1 is 1.47 bits per heavy atom. The molecular weight excluding hydrogens is 216 g/mol. The van der Waals surface area contributed by atoms with Crippen molar-refractivity contribution >= 4 is 5.97 Å². The van der Waals surface area contributed by atoms with Crippen LogP contribution in [0.3, 0.4) is 0 Å². The monoisotopic (exact) mass is 234 g/mol. The van der Waals surface area contributed by atoms with Crippen LogP contribution < -0.4 is 0 Å². The Bertz CT molecular complexity index is 380. The number of likely N-dealkylation sites (tertiary alicyclic amines) is 1. The summed E-state index contributed by atoms with van der Waals surface area (Å²) in [5.74, 6) is -0.610. The Balaban J connectivity index is 1.84. The van der Waals surface area contributed by atoms with Gasteiger partial charge < -0.3 is 10.0 Å². The Morgan fingerprint density at radius 3 is 2.76 bits per heavy atom. The Hall–Kier alpha value is -1.42. The van der Waals surface area contributed by atoms with Crippen molar-refractivity contribution in [2.75, 3.05) is 19.6 Å². The molecule has 1 aliphatic rings. The van der Waals surface area contributed by atoms with Crippen LogP contribution in [0.1, 0.15) is 12.5 Å². The van der Waals surface area contributed by atoms with E-state index in [1.165, 1.54) is 5.56 Å². The van der Waals surface area contributed by atoms with Gasteiger partial charge in [0.15, 0.2) is 0 Å². The first kappa shape index (κ1) is 12.0. The van der Waals surface area contributed by atoms with Crippen LogP contribution >= 0.6 is 0 Å². The third-order valence-corrected chi connectivity index (χ3v) is 3.47. The highest BCUT2D eigenvalue weighted by Crippen LogP contribution is 2.23. The zero-order valence-corrected chi connectivity index (χ0v) is 10.0. The number of carboxylic acids is 1. The summed E-state index contributed by atoms with van der Waals surface area (Å²) < 4.78 is 0. The van der Waals surface area contributed by atoms with Gasteiger partial charge in [-0.15, -0.1) is 0 Å². The van der Waals surface area contributed by atoms with Crippen molar-refractivity contribution < 1.29 is 9.90 Å². The van der Waals surface area contributed by atoms with E-state index >= 15 is 0 Å². The van der Waals surface area contributed by atoms with E-state index in [0.29, 0.717) is 6.54 Å². The second-order valence-corrected chi connectivity index (χ2v) is 4.79. The maximum atomic E-state index is 11.0. The highest BCUT2D eigenvalue weighted by molar-refractivity contribution is 5.71. The molecule has 0 aliphatic carbocycles. The van der Waals surface area contributed by atoms with Gasteiger partial charge in [-0.1, -0.05) is 6.92 Å². The second kappa shape index (κ2) is 5.27. The van der Waals surface area contributed by atoms with E-state index in [2.05, 4.69) is 9.88 Å². The Kier molecular flexibility index (Phi) is 3.74. The first-order chi connectivity index (χ1) is 8.16. The molecule has 4 nitrogen and oxygen atoms in total. The van der Waals surface area contributed by atoms with Crippen molar-refractivity contribution in [3.8, 4) is 0 Å². The third-order valence-electron chi connectivity index (χ3n) is 3.47. The second-order valence-electron chi connectivity index (χ2n) is 4.79. The summed E-state index contributed by atoms with van der Waals surface area (Å²) in [5.41, 5.74) is 1.26. The Morgan fingerprint density at radius 2 is 2.18 bits per heavy atom. The molecule has 1 aromatic heterocycles. The number of hydrogen-bond acceptors (Lipinski definition) is 3. The largest absolute Gasteiger partial charge is 0.481 e. The molecule has 92 valence electrons. The molecular formula is C13H18N2O2. The topological polar surface area (TPSA) is 53.4 Å². The lowest BCUT2D eigenvalue weighted by atomic mass is 9.99. The van der Waals surface area contributed by atoms with Crippen LogP contribution in [0, 0.1) is 11.8 Å². The van der Waals surface area contributed by atoms with E-state index in [-0.39, 0.29) is 11.8 Å². The number of nitrogens with zero attached hydrogens (tertiary/aromatic N) is 2. The fraction of sp³-hybridized carbons (Fsp3) is 0.538. The highest BCUT2D eigenvalue weighted by Gasteiger charge is 2.34. The van der Waals surface area contributed by atoms with Crippen molar-refractivity contribution in [1.29, 1.82) is 0 Å². The molecule has 0 radical (unpaired) electrons. The number of aromatic nitrogens is 1. The van der Waals surface area contributed by atoms with Crippen molar-refractivity contribution in [1.82, 2.24) is 9.88 Å². The van der Waals surface area contributed by atoms with Gasteiger partial charge in [-0.05, 0) is 30.0 Å². The van der Waals surface area contributed by atoms with E-state index in [1.807, 2.05) is 19.1 Å². The number of hydrogen-bond donors (Lipinski definition) is 1. The lowest BCUT2D eigenvalue weighted by Gasteiger charge is -2.14. The summed E-state index contributed by atoms with van der Waals surface area (Å²) in [4.78, 5) is 17.2. The predicted molar refractivity (Wildman–Crippen MR) is 64.7 cm³/mol. The van der Waals surface area contributed by atoms with Gasteiger partial charge in [-0.2, -0.15) is 0 Å². The van der Waals surface area contributed by atoms with Gasteiger partial charge >= 0.3 is 5.97 Å². The molecule has 1 fully saturated rings. The summed E-state index contributed by atoms with van der Waals surface area (Å²) in [7, 11) is 0. The predicted octanol–water partition coefficient (Wildman–Crippen LogP) is 1.28. The quantitative estimate of drug-likeness (QED) is 0.852. The lowest BCUT2D eigenvalue weighted by Crippen LogP contribution is -2.25. The first-order valence-corrected chi connectivity index (χ1v) is 6.01. The van der Waals surface area contributed by atoms with E-state index in [9.17, 15) is 4.79 Å². The van der Waals surface area contributed by atoms with Crippen molar-refractivity contribution in [3.63, 3.8) is 0 Å². The molecule has 1 N–H and O–H groups in total. The molecule has 0 bridgehead atoms. The SMILES string of the molecule is CC1CN(CCc2ccncc2)CC1C(=O)O. The lowest BCUT2D eigenvalue weighted by molar-refractivity contribution is -0.142. The molecule has 1 saturated heterocycles. The van der Waals surface area contributed by atoms with Crippen LogP contribution in [0.2, 0.25) is 0 Å². The fourth-order valence-corrected chi connectivity index (χ4v) is 2.41. The average Bonchev–Trinajstić information content (AvgIpc) is 2.69. The molecule has 0 saturated carbocycles. The summed E-state index contributed by atoms with van der Waals surface area (Å²) >= 11 is 0. The molecule has 0 spiro atoms. The minimum absolute atomic E-state index is 0.201. The minimum atomic E-state index is -0.663. The van der Waals surface area contributed by atoms with E-state index in [0.717, 1.165) is 19.5 Å². The van der Waals surface area contributed by atoms with Gasteiger partial charge in [0, 0.05) is 32.0 Å². The molecule has 2 rings (SSSR count). The number of rotatable bonds is 4. The van der Waals surface area contributed by atoms with Crippen LogP contribution in [0.25, 0.3) is 0 Å². The molecule has 2 atom stereocenters. The van der Waals surface area contributed by atoms with Crippen molar-refractivity contribution in [2.24, 2.45) is 11.8 Å². The Labute approximate surface area is 101 Å². The molecule has 4 heteroatoms. The van der Waals surface area contributed by atoms with Gasteiger partial charge in [-0.25, -0.2) is 0 Å². The van der Waals surface area contributed by atoms with Gasteiger partial charge in [0.25, 0.3) is 0 Å². The summed E-state index contributed by atoms with van der Waals surface area (Å²) in [5, 5.41) is 9.05. The number of carboxylic acid groups (broad SMARTS) is 1. The summed E-state index contributed by atoms with van der Waals surface area (Å²) in [6.07, 6.45) is 4.55. The smallest absolute Gasteiger partial charge is 0.308 e. The standard InChI is InChI=1S/C13H18N2O2/c1-10-8-15(9-12(10)13(16)17)7-4-11-2-5-14-6-3-11/h2-3,5-6,10,12H,4,7-9H2,1H3,(H,16,17). The van der Waals surface area contributed by atoms with E-state index < -0.39 is 5.97 Å². The molecule has 0 aromatic carbocycles. The van der Waals surface area contributed by atoms with E-state index in [4.69, 9.17) is 5.11 Å². The molecule has 17 heavy (non-hydrogen) atoms. The average molecular weight is 234 g/mol. The fourth-order valence-electron chi connectivity index (χ4n) is 2.41. The van der Waals surface area contributed by atoms with Crippen LogP contribution in [0.5, 0.6) is 0 Å². The number of carbonyl (C=O) groups is 1. The maximum Gasteiger partial charge on any atom is 0.308 e. The van der Waals surface area contributed by atoms with Gasteiger partial charge in [-0.3, -0.25) is 9.78 Å². The highest BCUT2D eigenvalue weighted by atomic mass is 16.4. The number of pyridine rings is 1. The van der Waals surface area contributed by atoms with Crippen LogP contribution in [-0.4, -0.2) is 40.6 Å². The zero-order chi connectivity index (χ0) is 12.3. The zero-order valence-electron chi connectivity index (χ0n) is 10.0. The van der Waals surface area contributed by atoms with Crippen LogP contribution in [0.4, 0.5) is 0 Å². The minimum Gasteiger partial charge on any atom is -0.481 e. The van der Waals surface area contributed by atoms with E-state index in [1.54, 1.807) is 12.4 Å². The molecule has 0 amide bonds. The molecule has 2 unspecified atom stereocenters. The van der Waals surface area contributed by atoms with Gasteiger partial charge in [0.05, 0.1) is 5.92 Å². The van der Waals surface area contributed by atoms with Crippen LogP contribution in [-0.2, 0) is 11.2 Å². The molecule has 2 heterocycles. The van der Waals surface area contributed by atoms with Gasteiger partial charge in [0.2, 0.25) is 0 Å². The first-order valence-electron chi connectivity index (χ1n) is 6.01. The third kappa shape index (κ3) is 3.03. The summed E-state index contributed by atoms with van der Waals surface area (Å²) in [6.45, 7) is 4.52.